The maximum Gasteiger partial charge on any atom is 0.269 e. The van der Waals surface area contributed by atoms with E-state index >= 15 is 0 Å². The molecule has 8 nitrogen and oxygen atoms in total. The van der Waals surface area contributed by atoms with Crippen molar-refractivity contribution in [3.8, 4) is 0 Å². The molecule has 32 heavy (non-hydrogen) atoms. The number of nitro groups is 1. The normalized spacial score (nSPS) is 13.2. The fourth-order valence-corrected chi connectivity index (χ4v) is 6.26. The molecule has 0 radical (unpaired) electrons. The number of thiophene rings is 1. The van der Waals surface area contributed by atoms with Gasteiger partial charge in [-0.25, -0.2) is 8.42 Å². The first-order chi connectivity index (χ1) is 15.3. The van der Waals surface area contributed by atoms with E-state index in [-0.39, 0.29) is 21.5 Å². The van der Waals surface area contributed by atoms with Crippen LogP contribution in [0.4, 0.5) is 10.7 Å². The van der Waals surface area contributed by atoms with E-state index in [4.69, 9.17) is 0 Å². The van der Waals surface area contributed by atoms with Gasteiger partial charge in [-0.15, -0.1) is 11.3 Å². The van der Waals surface area contributed by atoms with Crippen molar-refractivity contribution in [2.24, 2.45) is 0 Å². The van der Waals surface area contributed by atoms with Gasteiger partial charge in [-0.05, 0) is 48.9 Å². The van der Waals surface area contributed by atoms with E-state index in [1.165, 1.54) is 23.5 Å². The standard InChI is InChI=1S/C22H21N3O5S2/c26-21(23-14-15-6-2-1-3-7-15)20-18-8-4-5-9-19(18)31-22(20)24-32(29,30)17-12-10-16(11-13-17)25(27)28/h1-3,6-7,10-13,24H,4-5,8-9,14H2,(H,23,26). The lowest BCUT2D eigenvalue weighted by molar-refractivity contribution is -0.384. The molecule has 0 saturated heterocycles. The summed E-state index contributed by atoms with van der Waals surface area (Å²) >= 11 is 1.28. The maximum atomic E-state index is 13.1. The Morgan fingerprint density at radius 2 is 1.72 bits per heavy atom. The Bertz CT molecular complexity index is 1250. The third-order valence-electron chi connectivity index (χ3n) is 5.28. The number of rotatable bonds is 7. The highest BCUT2D eigenvalue weighted by molar-refractivity contribution is 7.93. The first kappa shape index (κ1) is 22.0. The van der Waals surface area contributed by atoms with Crippen molar-refractivity contribution >= 4 is 38.0 Å². The van der Waals surface area contributed by atoms with Crippen LogP contribution in [0.5, 0.6) is 0 Å². The molecule has 166 valence electrons. The minimum atomic E-state index is -4.02. The molecule has 1 heterocycles. The van der Waals surface area contributed by atoms with E-state index in [1.54, 1.807) is 0 Å². The fraction of sp³-hybridized carbons (Fsp3) is 0.227. The lowest BCUT2D eigenvalue weighted by Gasteiger charge is -2.14. The first-order valence-corrected chi connectivity index (χ1v) is 12.4. The second-order valence-electron chi connectivity index (χ2n) is 7.44. The average molecular weight is 472 g/mol. The number of hydrogen-bond acceptors (Lipinski definition) is 6. The van der Waals surface area contributed by atoms with Gasteiger partial charge in [0.25, 0.3) is 21.6 Å². The smallest absolute Gasteiger partial charge is 0.269 e. The molecule has 2 aromatic carbocycles. The van der Waals surface area contributed by atoms with Crippen molar-refractivity contribution in [1.82, 2.24) is 5.32 Å². The summed E-state index contributed by atoms with van der Waals surface area (Å²) < 4.78 is 28.4. The van der Waals surface area contributed by atoms with Gasteiger partial charge in [0, 0.05) is 23.6 Å². The number of carbonyl (C=O) groups is 1. The molecular weight excluding hydrogens is 450 g/mol. The van der Waals surface area contributed by atoms with E-state index in [1.807, 2.05) is 30.3 Å². The molecule has 3 aromatic rings. The highest BCUT2D eigenvalue weighted by atomic mass is 32.2. The number of nitro benzene ring substituents is 1. The Kier molecular flexibility index (Phi) is 6.24. The van der Waals surface area contributed by atoms with Crippen LogP contribution in [0.2, 0.25) is 0 Å². The molecule has 1 aliphatic rings. The number of benzene rings is 2. The van der Waals surface area contributed by atoms with Crippen LogP contribution >= 0.6 is 11.3 Å². The quantitative estimate of drug-likeness (QED) is 0.394. The molecule has 1 aromatic heterocycles. The average Bonchev–Trinajstić information content (AvgIpc) is 3.15. The largest absolute Gasteiger partial charge is 0.348 e. The molecule has 0 atom stereocenters. The summed E-state index contributed by atoms with van der Waals surface area (Å²) in [5, 5.41) is 14.0. The Hall–Kier alpha value is -3.24. The van der Waals surface area contributed by atoms with E-state index in [0.717, 1.165) is 53.8 Å². The maximum absolute atomic E-state index is 13.1. The molecule has 0 fully saturated rings. The minimum Gasteiger partial charge on any atom is -0.348 e. The molecular formula is C22H21N3O5S2. The monoisotopic (exact) mass is 471 g/mol. The number of sulfonamides is 1. The van der Waals surface area contributed by atoms with Crippen LogP contribution in [-0.4, -0.2) is 19.2 Å². The van der Waals surface area contributed by atoms with Crippen molar-refractivity contribution < 1.29 is 18.1 Å². The highest BCUT2D eigenvalue weighted by Gasteiger charge is 2.28. The molecule has 4 rings (SSSR count). The Morgan fingerprint density at radius 1 is 1.03 bits per heavy atom. The molecule has 10 heteroatoms. The van der Waals surface area contributed by atoms with Crippen LogP contribution in [0.3, 0.4) is 0 Å². The van der Waals surface area contributed by atoms with Gasteiger partial charge >= 0.3 is 0 Å². The van der Waals surface area contributed by atoms with E-state index in [0.29, 0.717) is 12.1 Å². The number of nitrogens with one attached hydrogen (secondary N) is 2. The zero-order valence-corrected chi connectivity index (χ0v) is 18.7. The predicted octanol–water partition coefficient (Wildman–Crippen LogP) is 4.27. The van der Waals surface area contributed by atoms with Crippen LogP contribution in [-0.2, 0) is 29.4 Å². The highest BCUT2D eigenvalue weighted by Crippen LogP contribution is 2.39. The Morgan fingerprint density at radius 3 is 2.41 bits per heavy atom. The Balaban J connectivity index is 1.62. The van der Waals surface area contributed by atoms with Crippen molar-refractivity contribution in [3.05, 3.63) is 86.3 Å². The van der Waals surface area contributed by atoms with Crippen molar-refractivity contribution in [2.75, 3.05) is 4.72 Å². The van der Waals surface area contributed by atoms with Gasteiger partial charge in [-0.2, -0.15) is 0 Å². The van der Waals surface area contributed by atoms with E-state index in [2.05, 4.69) is 10.0 Å². The van der Waals surface area contributed by atoms with Crippen molar-refractivity contribution in [2.45, 2.75) is 37.1 Å². The van der Waals surface area contributed by atoms with Crippen molar-refractivity contribution in [1.29, 1.82) is 0 Å². The topological polar surface area (TPSA) is 118 Å². The third-order valence-corrected chi connectivity index (χ3v) is 7.98. The number of non-ortho nitro benzene ring substituents is 1. The SMILES string of the molecule is O=C(NCc1ccccc1)c1c(NS(=O)(=O)c2ccc([N+](=O)[O-])cc2)sc2c1CCCC2. The number of amides is 1. The summed E-state index contributed by atoms with van der Waals surface area (Å²) in [5.41, 5.74) is 2.01. The zero-order chi connectivity index (χ0) is 22.7. The number of nitrogens with zero attached hydrogens (tertiary/aromatic N) is 1. The van der Waals surface area contributed by atoms with Gasteiger partial charge in [0.1, 0.15) is 5.00 Å². The fourth-order valence-electron chi connectivity index (χ4n) is 3.67. The molecule has 1 aliphatic carbocycles. The van der Waals surface area contributed by atoms with Crippen LogP contribution in [0.1, 0.15) is 39.2 Å². The lowest BCUT2D eigenvalue weighted by Crippen LogP contribution is -2.25. The summed E-state index contributed by atoms with van der Waals surface area (Å²) in [6.07, 6.45) is 3.46. The number of hydrogen-bond donors (Lipinski definition) is 2. The summed E-state index contributed by atoms with van der Waals surface area (Å²) in [4.78, 5) is 24.3. The predicted molar refractivity (Wildman–Crippen MR) is 122 cm³/mol. The minimum absolute atomic E-state index is 0.106. The van der Waals surface area contributed by atoms with Gasteiger partial charge in [0.2, 0.25) is 0 Å². The van der Waals surface area contributed by atoms with Gasteiger partial charge < -0.3 is 5.32 Å². The molecule has 0 bridgehead atoms. The summed E-state index contributed by atoms with van der Waals surface area (Å²) in [7, 11) is -4.02. The lowest BCUT2D eigenvalue weighted by atomic mass is 9.95. The van der Waals surface area contributed by atoms with Crippen LogP contribution in [0.15, 0.2) is 59.5 Å². The second-order valence-corrected chi connectivity index (χ2v) is 10.2. The van der Waals surface area contributed by atoms with Crippen LogP contribution in [0.25, 0.3) is 0 Å². The number of carbonyl (C=O) groups excluding carboxylic acids is 1. The summed E-state index contributed by atoms with van der Waals surface area (Å²) in [6.45, 7) is 0.332. The van der Waals surface area contributed by atoms with Gasteiger partial charge in [-0.1, -0.05) is 30.3 Å². The second kappa shape index (κ2) is 9.09. The first-order valence-electron chi connectivity index (χ1n) is 10.1. The molecule has 0 aliphatic heterocycles. The number of aryl methyl sites for hydroxylation is 1. The van der Waals surface area contributed by atoms with Gasteiger partial charge in [-0.3, -0.25) is 19.6 Å². The number of anilines is 1. The van der Waals surface area contributed by atoms with Gasteiger partial charge in [0.05, 0.1) is 15.4 Å². The number of fused-ring (bicyclic) bond motifs is 1. The molecule has 0 spiro atoms. The van der Waals surface area contributed by atoms with Gasteiger partial charge in [0.15, 0.2) is 0 Å². The van der Waals surface area contributed by atoms with Crippen molar-refractivity contribution in [3.63, 3.8) is 0 Å². The molecule has 1 amide bonds. The van der Waals surface area contributed by atoms with Crippen LogP contribution in [0, 0.1) is 10.1 Å². The molecule has 2 N–H and O–H groups in total. The summed E-state index contributed by atoms with van der Waals surface area (Å²) in [5.74, 6) is -0.324. The Labute approximate surface area is 189 Å². The summed E-state index contributed by atoms with van der Waals surface area (Å²) in [6, 6.07) is 14.1. The zero-order valence-electron chi connectivity index (χ0n) is 17.0. The molecule has 0 unspecified atom stereocenters. The third kappa shape index (κ3) is 4.66. The van der Waals surface area contributed by atoms with Crippen LogP contribution < -0.4 is 10.0 Å². The van der Waals surface area contributed by atoms with E-state index < -0.39 is 14.9 Å². The van der Waals surface area contributed by atoms with E-state index in [9.17, 15) is 23.3 Å². The molecule has 0 saturated carbocycles.